The molecule has 0 saturated carbocycles. The number of carbonyl (C=O) groups excluding carboxylic acids is 2. The molecule has 2 aromatic heterocycles. The molecule has 3 heterocycles. The van der Waals surface area contributed by atoms with Gasteiger partial charge in [-0.1, -0.05) is 87.7 Å². The molecule has 320 valence electrons. The van der Waals surface area contributed by atoms with Crippen molar-refractivity contribution in [1.82, 2.24) is 9.13 Å². The van der Waals surface area contributed by atoms with Crippen molar-refractivity contribution in [3.05, 3.63) is 205 Å². The fourth-order valence-electron chi connectivity index (χ4n) is 8.14. The molecule has 0 aliphatic carbocycles. The highest BCUT2D eigenvalue weighted by Gasteiger charge is 2.16. The minimum atomic E-state index is -0.372. The van der Waals surface area contributed by atoms with Crippen LogP contribution < -0.4 is 4.90 Å². The van der Waals surface area contributed by atoms with Crippen LogP contribution in [0.25, 0.3) is 21.8 Å². The quantitative estimate of drug-likeness (QED) is 0.120. The predicted octanol–water partition coefficient (Wildman–Crippen LogP) is 12.0. The first-order valence-electron chi connectivity index (χ1n) is 20.7. The van der Waals surface area contributed by atoms with E-state index < -0.39 is 0 Å². The third kappa shape index (κ3) is 10.7. The summed E-state index contributed by atoms with van der Waals surface area (Å²) >= 11 is 15.7. The lowest BCUT2D eigenvalue weighted by Gasteiger charge is -2.29. The highest BCUT2D eigenvalue weighted by Crippen LogP contribution is 2.27. The fraction of sp³-hybridized carbons (Fsp3) is 0.192. The van der Waals surface area contributed by atoms with Crippen LogP contribution in [0.5, 0.6) is 0 Å². The van der Waals surface area contributed by atoms with Gasteiger partial charge in [0.2, 0.25) is 0 Å². The molecule has 11 heteroatoms. The van der Waals surface area contributed by atoms with Crippen molar-refractivity contribution in [1.29, 1.82) is 0 Å². The summed E-state index contributed by atoms with van der Waals surface area (Å²) in [6.45, 7) is 5.06. The van der Waals surface area contributed by atoms with Crippen LogP contribution in [0.3, 0.4) is 0 Å². The van der Waals surface area contributed by atoms with Gasteiger partial charge in [0.05, 0.1) is 38.6 Å². The summed E-state index contributed by atoms with van der Waals surface area (Å²) in [7, 11) is 2.77. The van der Waals surface area contributed by atoms with E-state index in [9.17, 15) is 9.59 Å². The van der Waals surface area contributed by atoms with Crippen molar-refractivity contribution in [2.75, 3.05) is 45.4 Å². The number of fused-ring (bicyclic) bond motifs is 2. The smallest absolute Gasteiger partial charge is 0.338 e. The van der Waals surface area contributed by atoms with Crippen LogP contribution in [-0.4, -0.2) is 61.6 Å². The van der Waals surface area contributed by atoms with Gasteiger partial charge in [-0.3, -0.25) is 0 Å². The minimum Gasteiger partial charge on any atom is -0.465 e. The lowest BCUT2D eigenvalue weighted by Crippen LogP contribution is -2.36. The molecule has 0 radical (unpaired) electrons. The molecular formula is C52H46BrCl2N3O5. The number of nitrogens with zero attached hydrogens (tertiary/aromatic N) is 3. The molecule has 1 aliphatic heterocycles. The van der Waals surface area contributed by atoms with Gasteiger partial charge in [0.1, 0.15) is 0 Å². The average molecular weight is 944 g/mol. The Kier molecular flexibility index (Phi) is 14.0. The summed E-state index contributed by atoms with van der Waals surface area (Å²) in [5.41, 5.74) is 11.2. The number of morpholine rings is 1. The monoisotopic (exact) mass is 941 g/mol. The Balaban J connectivity index is 0.000000175. The van der Waals surface area contributed by atoms with Gasteiger partial charge in [-0.2, -0.15) is 0 Å². The number of halogens is 3. The number of methoxy groups -OCH3 is 2. The predicted molar refractivity (Wildman–Crippen MR) is 257 cm³/mol. The maximum Gasteiger partial charge on any atom is 0.338 e. The number of hydrogen-bond donors (Lipinski definition) is 0. The number of hydrogen-bond acceptors (Lipinski definition) is 6. The van der Waals surface area contributed by atoms with Crippen LogP contribution >= 0.6 is 39.1 Å². The van der Waals surface area contributed by atoms with E-state index in [-0.39, 0.29) is 11.9 Å². The van der Waals surface area contributed by atoms with Crippen LogP contribution in [0.1, 0.15) is 54.1 Å². The minimum absolute atomic E-state index is 0.371. The number of aromatic nitrogens is 2. The lowest BCUT2D eigenvalue weighted by molar-refractivity contribution is 0.0590. The molecule has 0 spiro atoms. The Morgan fingerprint density at radius 2 is 1.10 bits per heavy atom. The number of benzene rings is 6. The molecular weight excluding hydrogens is 897 g/mol. The molecule has 0 amide bonds. The van der Waals surface area contributed by atoms with Crippen LogP contribution in [0, 0.1) is 0 Å². The molecule has 0 N–H and O–H groups in total. The zero-order valence-electron chi connectivity index (χ0n) is 35.0. The van der Waals surface area contributed by atoms with Gasteiger partial charge >= 0.3 is 11.9 Å². The van der Waals surface area contributed by atoms with E-state index in [2.05, 4.69) is 127 Å². The normalized spacial score (nSPS) is 12.6. The van der Waals surface area contributed by atoms with Gasteiger partial charge in [-0.05, 0) is 142 Å². The molecule has 63 heavy (non-hydrogen) atoms. The number of anilines is 1. The summed E-state index contributed by atoms with van der Waals surface area (Å²) in [4.78, 5) is 26.7. The summed E-state index contributed by atoms with van der Waals surface area (Å²) in [5.74, 6) is -0.743. The molecule has 0 bridgehead atoms. The molecule has 0 unspecified atom stereocenters. The Labute approximate surface area is 385 Å². The van der Waals surface area contributed by atoms with Gasteiger partial charge in [-0.15, -0.1) is 0 Å². The number of rotatable bonds is 11. The zero-order valence-corrected chi connectivity index (χ0v) is 38.1. The molecule has 6 aromatic carbocycles. The van der Waals surface area contributed by atoms with Gasteiger partial charge in [0.25, 0.3) is 0 Å². The van der Waals surface area contributed by atoms with Crippen molar-refractivity contribution in [2.45, 2.75) is 25.9 Å². The largest absolute Gasteiger partial charge is 0.465 e. The SMILES string of the molecule is COC(=O)c1cc(Cl)ccc1Cc1ccc2c(ccn2Cc2cccc(Br)c2)c1.COC(=O)c1cc(Cl)ccc1Cc1ccc2c(ccn2Cc2cccc(N3CCOCC3)c2)c1. The average Bonchev–Trinajstić information content (AvgIpc) is 3.90. The van der Waals surface area contributed by atoms with Gasteiger partial charge < -0.3 is 28.2 Å². The van der Waals surface area contributed by atoms with E-state index in [1.165, 1.54) is 52.8 Å². The summed E-state index contributed by atoms with van der Waals surface area (Å²) < 4.78 is 20.9. The Morgan fingerprint density at radius 1 is 0.587 bits per heavy atom. The van der Waals surface area contributed by atoms with E-state index in [1.54, 1.807) is 18.2 Å². The van der Waals surface area contributed by atoms with Gasteiger partial charge in [-0.25, -0.2) is 9.59 Å². The molecule has 0 atom stereocenters. The maximum atomic E-state index is 12.2. The molecule has 1 aliphatic rings. The highest BCUT2D eigenvalue weighted by molar-refractivity contribution is 9.10. The second kappa shape index (κ2) is 20.1. The van der Waals surface area contributed by atoms with Gasteiger partial charge in [0.15, 0.2) is 0 Å². The molecule has 9 rings (SSSR count). The number of ether oxygens (including phenoxy) is 3. The molecule has 8 nitrogen and oxygen atoms in total. The van der Waals surface area contributed by atoms with E-state index in [0.29, 0.717) is 34.0 Å². The fourth-order valence-corrected chi connectivity index (χ4v) is 8.93. The highest BCUT2D eigenvalue weighted by atomic mass is 79.9. The van der Waals surface area contributed by atoms with E-state index in [0.717, 1.165) is 66.1 Å². The lowest BCUT2D eigenvalue weighted by atomic mass is 9.99. The van der Waals surface area contributed by atoms with Crippen LogP contribution in [0.2, 0.25) is 10.0 Å². The summed E-state index contributed by atoms with van der Waals surface area (Å²) in [6, 6.07) is 45.0. The van der Waals surface area contributed by atoms with Gasteiger partial charge in [0, 0.05) is 69.8 Å². The standard InChI is InChI=1S/C28H27ClN2O3.C24H19BrClNO2/c1-33-28(32)26-18-24(29)7-6-22(26)15-20-5-8-27-23(16-20)9-10-31(27)19-21-3-2-4-25(17-21)30-11-13-34-14-12-30;1-29-24(28)22-14-21(26)7-6-18(22)11-16-5-8-23-19(12-16)9-10-27(23)15-17-3-2-4-20(25)13-17/h2-10,16-18H,11-15,19H2,1H3;2-10,12-14H,11,15H2,1H3. The summed E-state index contributed by atoms with van der Waals surface area (Å²) in [6.07, 6.45) is 5.51. The third-order valence-electron chi connectivity index (χ3n) is 11.3. The van der Waals surface area contributed by atoms with Crippen molar-refractivity contribution in [3.63, 3.8) is 0 Å². The zero-order chi connectivity index (χ0) is 43.9. The second-order valence-electron chi connectivity index (χ2n) is 15.5. The van der Waals surface area contributed by atoms with E-state index in [4.69, 9.17) is 37.4 Å². The maximum absolute atomic E-state index is 12.2. The van der Waals surface area contributed by atoms with Crippen LogP contribution in [-0.2, 0) is 40.1 Å². The third-order valence-corrected chi connectivity index (χ3v) is 12.3. The first-order chi connectivity index (χ1) is 30.6. The summed E-state index contributed by atoms with van der Waals surface area (Å²) in [5, 5.41) is 3.39. The van der Waals surface area contributed by atoms with Crippen LogP contribution in [0.15, 0.2) is 150 Å². The topological polar surface area (TPSA) is 74.9 Å². The van der Waals surface area contributed by atoms with E-state index in [1.807, 2.05) is 30.3 Å². The van der Waals surface area contributed by atoms with Crippen molar-refractivity contribution < 1.29 is 23.8 Å². The Hall–Kier alpha value is -5.84. The molecule has 1 fully saturated rings. The Morgan fingerprint density at radius 3 is 1.60 bits per heavy atom. The Bertz CT molecular complexity index is 2920. The first-order valence-corrected chi connectivity index (χ1v) is 22.2. The molecule has 8 aromatic rings. The van der Waals surface area contributed by atoms with Crippen molar-refractivity contribution in [2.24, 2.45) is 0 Å². The van der Waals surface area contributed by atoms with Crippen molar-refractivity contribution >= 4 is 78.6 Å². The first kappa shape index (κ1) is 43.8. The number of esters is 2. The van der Waals surface area contributed by atoms with E-state index >= 15 is 0 Å². The van der Waals surface area contributed by atoms with Crippen LogP contribution in [0.4, 0.5) is 5.69 Å². The second-order valence-corrected chi connectivity index (χ2v) is 17.3. The number of carbonyl (C=O) groups is 2. The molecule has 1 saturated heterocycles. The van der Waals surface area contributed by atoms with Crippen molar-refractivity contribution in [3.8, 4) is 0 Å².